The standard InChI is InChI=1S/C14H22BN5O3PS/c1-4-16-10-7(2)14(23-9(10)5-22-25-24-15)20-6-17-11-12(20)18-8(3)19-13(11)21/h6-7,9-10,14-16,24H,4-5H2,1-3H3,(H,18,19,21)/t7-,9+,10?,14+,24?/m0/s1/i4T,15T,24D/t4?,7-,9+,10?,14+,24?. The lowest BCUT2D eigenvalue weighted by Gasteiger charge is -2.21. The summed E-state index contributed by atoms with van der Waals surface area (Å²) in [6, 6.07) is -0.171. The van der Waals surface area contributed by atoms with Crippen LogP contribution in [-0.4, -0.2) is 54.9 Å². The van der Waals surface area contributed by atoms with Crippen molar-refractivity contribution in [2.75, 3.05) is 13.1 Å². The quantitative estimate of drug-likeness (QED) is 0.397. The van der Waals surface area contributed by atoms with E-state index in [0.717, 1.165) is 19.2 Å². The van der Waals surface area contributed by atoms with E-state index >= 15 is 0 Å². The molecule has 6 atom stereocenters. The zero-order valence-electron chi connectivity index (χ0n) is 17.2. The normalized spacial score (nSPS) is 30.6. The summed E-state index contributed by atoms with van der Waals surface area (Å²) in [5.74, 6) is 0.441. The summed E-state index contributed by atoms with van der Waals surface area (Å²) in [5.41, 5.74) is 0.402. The van der Waals surface area contributed by atoms with Crippen molar-refractivity contribution in [2.24, 2.45) is 5.92 Å². The summed E-state index contributed by atoms with van der Waals surface area (Å²) in [5, 5.41) is 3.20. The van der Waals surface area contributed by atoms with Gasteiger partial charge in [0.1, 0.15) is 25.7 Å². The van der Waals surface area contributed by atoms with Gasteiger partial charge in [-0.2, -0.15) is 0 Å². The number of likely N-dealkylation sites (N-methyl/N-ethyl adjacent to an activating group) is 1. The van der Waals surface area contributed by atoms with Gasteiger partial charge in [-0.25, -0.2) is 9.97 Å². The van der Waals surface area contributed by atoms with Crippen LogP contribution in [-0.2, 0) is 8.92 Å². The van der Waals surface area contributed by atoms with Gasteiger partial charge in [0, 0.05) is 25.0 Å². The number of aromatic amines is 1. The molecule has 3 heterocycles. The fourth-order valence-corrected chi connectivity index (χ4v) is 3.79. The zero-order valence-corrected chi connectivity index (χ0v) is 15.9. The average Bonchev–Trinajstić information content (AvgIpc) is 3.17. The number of H-pyrrole nitrogens is 1. The molecule has 1 aliphatic heterocycles. The largest absolute Gasteiger partial charge is 0.350 e. The predicted molar refractivity (Wildman–Crippen MR) is 102 cm³/mol. The van der Waals surface area contributed by atoms with E-state index in [0.29, 0.717) is 11.5 Å². The molecule has 0 aromatic carbocycles. The highest BCUT2D eigenvalue weighted by atomic mass is 32.7. The first-order valence-electron chi connectivity index (χ1n) is 9.48. The topological polar surface area (TPSA) is 94.1 Å². The number of fused-ring (bicyclic) bond motifs is 1. The van der Waals surface area contributed by atoms with E-state index in [1.807, 2.05) is 6.92 Å². The molecule has 2 N–H and O–H groups in total. The van der Waals surface area contributed by atoms with Crippen molar-refractivity contribution >= 4 is 38.0 Å². The van der Waals surface area contributed by atoms with E-state index in [-0.39, 0.29) is 35.7 Å². The summed E-state index contributed by atoms with van der Waals surface area (Å²) in [4.78, 5) is 23.3. The van der Waals surface area contributed by atoms with Crippen molar-refractivity contribution in [3.05, 3.63) is 22.5 Å². The average molecular weight is 387 g/mol. The van der Waals surface area contributed by atoms with Crippen LogP contribution in [0.15, 0.2) is 11.1 Å². The van der Waals surface area contributed by atoms with E-state index in [1.165, 1.54) is 0 Å². The van der Waals surface area contributed by atoms with E-state index in [4.69, 9.17) is 12.9 Å². The third-order valence-corrected chi connectivity index (χ3v) is 5.15. The van der Waals surface area contributed by atoms with Crippen LogP contribution in [0.2, 0.25) is 0 Å². The predicted octanol–water partition coefficient (Wildman–Crippen LogP) is 1.01. The molecule has 11 heteroatoms. The highest BCUT2D eigenvalue weighted by Crippen LogP contribution is 2.37. The summed E-state index contributed by atoms with van der Waals surface area (Å²) in [6.45, 7) is 5.16. The van der Waals surface area contributed by atoms with Gasteiger partial charge in [0.15, 0.2) is 11.2 Å². The molecule has 1 fully saturated rings. The lowest BCUT2D eigenvalue weighted by molar-refractivity contribution is -0.0247. The molecule has 0 spiro atoms. The Morgan fingerprint density at radius 3 is 3.40 bits per heavy atom. The minimum absolute atomic E-state index is 0.0505. The second-order valence-corrected chi connectivity index (χ2v) is 7.52. The van der Waals surface area contributed by atoms with Crippen molar-refractivity contribution < 1.29 is 10.3 Å². The van der Waals surface area contributed by atoms with Crippen LogP contribution in [0.3, 0.4) is 0 Å². The summed E-state index contributed by atoms with van der Waals surface area (Å²) in [7, 11) is -0.362. The Balaban J connectivity index is 1.85. The van der Waals surface area contributed by atoms with Crippen LogP contribution in [0.25, 0.3) is 11.2 Å². The van der Waals surface area contributed by atoms with E-state index in [9.17, 15) is 4.79 Å². The van der Waals surface area contributed by atoms with Crippen molar-refractivity contribution in [3.8, 4) is 0 Å². The highest BCUT2D eigenvalue weighted by molar-refractivity contribution is 8.53. The number of imidazole rings is 1. The molecule has 2 aromatic heterocycles. The van der Waals surface area contributed by atoms with Crippen molar-refractivity contribution in [3.63, 3.8) is 0 Å². The molecule has 1 radical (unpaired) electrons. The van der Waals surface area contributed by atoms with Gasteiger partial charge in [-0.1, -0.05) is 21.5 Å². The minimum Gasteiger partial charge on any atom is -0.350 e. The monoisotopic (exact) mass is 387 g/mol. The van der Waals surface area contributed by atoms with Crippen molar-refractivity contribution in [1.82, 2.24) is 24.8 Å². The molecular weight excluding hydrogens is 360 g/mol. The number of hydrogen-bond acceptors (Lipinski definition) is 7. The molecule has 8 nitrogen and oxygen atoms in total. The molecule has 0 saturated carbocycles. The Hall–Kier alpha value is -0.925. The van der Waals surface area contributed by atoms with Gasteiger partial charge in [0.25, 0.3) is 5.56 Å². The van der Waals surface area contributed by atoms with E-state index in [1.54, 1.807) is 24.7 Å². The Kier molecular flexibility index (Phi) is 4.96. The SMILES string of the molecule is [2H]P([B][3H])SOC[C@H]1O[C@@H](n2cnc3c(=O)[nH]c(C)nc32)[C@@H](C)C1NC([3H])C. The molecular formula is C14H22BN5O3PS. The fraction of sp³-hybridized carbons (Fsp3) is 0.643. The number of nitrogens with zero attached hydrogens (tertiary/aromatic N) is 3. The molecule has 3 rings (SSSR count). The van der Waals surface area contributed by atoms with Crippen molar-refractivity contribution in [1.29, 1.82) is 2.61 Å². The summed E-state index contributed by atoms with van der Waals surface area (Å²) >= 11 is 0.947. The molecule has 1 saturated heterocycles. The number of rotatable bonds is 8. The molecule has 2 aromatic rings. The number of aryl methyl sites for hydroxylation is 1. The number of aromatic nitrogens is 4. The molecule has 0 amide bonds. The van der Waals surface area contributed by atoms with E-state index < -0.39 is 20.4 Å². The number of hydrogen-bond donors (Lipinski definition) is 2. The zero-order chi connectivity index (χ0) is 20.4. The molecule has 0 aliphatic carbocycles. The van der Waals surface area contributed by atoms with E-state index in [2.05, 4.69) is 20.3 Å². The smallest absolute Gasteiger partial charge is 0.279 e. The molecule has 0 bridgehead atoms. The maximum absolute atomic E-state index is 12.1. The van der Waals surface area contributed by atoms with Gasteiger partial charge in [-0.15, -0.1) is 0 Å². The van der Waals surface area contributed by atoms with Crippen LogP contribution in [0.1, 0.15) is 27.3 Å². The second-order valence-electron chi connectivity index (χ2n) is 5.85. The van der Waals surface area contributed by atoms with Crippen LogP contribution in [0.5, 0.6) is 0 Å². The van der Waals surface area contributed by atoms with Gasteiger partial charge in [0.05, 0.1) is 14.2 Å². The molecule has 25 heavy (non-hydrogen) atoms. The maximum atomic E-state index is 12.1. The molecule has 135 valence electrons. The second kappa shape index (κ2) is 8.18. The van der Waals surface area contributed by atoms with Gasteiger partial charge in [0.2, 0.25) is 0 Å². The number of nitrogens with one attached hydrogen (secondary N) is 2. The first-order chi connectivity index (χ1) is 13.3. The Morgan fingerprint density at radius 2 is 2.64 bits per heavy atom. The van der Waals surface area contributed by atoms with Crippen LogP contribution < -0.4 is 10.9 Å². The van der Waals surface area contributed by atoms with Gasteiger partial charge in [-0.05, 0) is 14.8 Å². The summed E-state index contributed by atoms with van der Waals surface area (Å²) < 4.78 is 36.0. The maximum Gasteiger partial charge on any atom is 0.279 e. The van der Waals surface area contributed by atoms with Crippen LogP contribution >= 0.6 is 19.3 Å². The Labute approximate surface area is 157 Å². The first kappa shape index (κ1) is 15.2. The third kappa shape index (κ3) is 3.78. The van der Waals surface area contributed by atoms with Gasteiger partial charge < -0.3 is 19.2 Å². The molecule has 1 aliphatic rings. The van der Waals surface area contributed by atoms with Crippen LogP contribution in [0, 0.1) is 12.8 Å². The fourth-order valence-electron chi connectivity index (χ4n) is 3.17. The van der Waals surface area contributed by atoms with Gasteiger partial charge in [-0.3, -0.25) is 9.36 Å². The first-order valence-corrected chi connectivity index (χ1v) is 10.2. The number of ether oxygens (including phenoxy) is 1. The lowest BCUT2D eigenvalue weighted by Crippen LogP contribution is -2.42. The Bertz CT molecular complexity index is 874. The summed E-state index contributed by atoms with van der Waals surface area (Å²) in [6.07, 6.45) is 0.744. The minimum atomic E-state index is -1.41. The van der Waals surface area contributed by atoms with Crippen LogP contribution in [0.4, 0.5) is 0 Å². The third-order valence-electron chi connectivity index (χ3n) is 4.24. The Morgan fingerprint density at radius 1 is 1.80 bits per heavy atom. The highest BCUT2D eigenvalue weighted by Gasteiger charge is 2.43. The van der Waals surface area contributed by atoms with Gasteiger partial charge >= 0.3 is 0 Å². The van der Waals surface area contributed by atoms with Crippen molar-refractivity contribution in [2.45, 2.75) is 39.1 Å². The molecule has 3 unspecified atom stereocenters. The lowest BCUT2D eigenvalue weighted by atomic mass is 9.99.